The van der Waals surface area contributed by atoms with Gasteiger partial charge in [0.25, 0.3) is 0 Å². The van der Waals surface area contributed by atoms with Crippen LogP contribution in [0.5, 0.6) is 0 Å². The fourth-order valence-corrected chi connectivity index (χ4v) is 3.34. The molecule has 0 atom stereocenters. The van der Waals surface area contributed by atoms with E-state index in [0.29, 0.717) is 5.52 Å². The third kappa shape index (κ3) is 1.77. The standard InChI is InChI=1S/C17H11ClFNO2/c18-13-6-5-12-11-4-1-8-7-9(17(21)22)2-3-10(8)15(11)20-16(12)14(13)19/h2-3,5-7,20H,1,4H2,(H,21,22). The molecule has 4 rings (SSSR count). The van der Waals surface area contributed by atoms with E-state index >= 15 is 0 Å². The molecule has 0 saturated carbocycles. The molecule has 3 aromatic rings. The molecule has 0 fully saturated rings. The number of benzene rings is 2. The van der Waals surface area contributed by atoms with Gasteiger partial charge in [-0.3, -0.25) is 0 Å². The maximum absolute atomic E-state index is 14.2. The minimum atomic E-state index is -0.942. The summed E-state index contributed by atoms with van der Waals surface area (Å²) in [7, 11) is 0. The van der Waals surface area contributed by atoms with Gasteiger partial charge >= 0.3 is 5.97 Å². The highest BCUT2D eigenvalue weighted by Gasteiger charge is 2.23. The van der Waals surface area contributed by atoms with Gasteiger partial charge < -0.3 is 10.1 Å². The molecule has 0 spiro atoms. The molecule has 1 heterocycles. The maximum atomic E-state index is 14.2. The third-order valence-electron chi connectivity index (χ3n) is 4.24. The van der Waals surface area contributed by atoms with Crippen LogP contribution >= 0.6 is 11.6 Å². The van der Waals surface area contributed by atoms with Crippen molar-refractivity contribution in [1.29, 1.82) is 0 Å². The second-order valence-corrected chi connectivity index (χ2v) is 5.85. The minimum absolute atomic E-state index is 0.0903. The molecule has 22 heavy (non-hydrogen) atoms. The van der Waals surface area contributed by atoms with Gasteiger partial charge in [-0.1, -0.05) is 23.7 Å². The van der Waals surface area contributed by atoms with E-state index < -0.39 is 11.8 Å². The second-order valence-electron chi connectivity index (χ2n) is 5.44. The Morgan fingerprint density at radius 3 is 2.82 bits per heavy atom. The van der Waals surface area contributed by atoms with E-state index in [9.17, 15) is 9.18 Å². The molecular formula is C17H11ClFNO2. The normalized spacial score (nSPS) is 13.0. The van der Waals surface area contributed by atoms with Gasteiger partial charge in [-0.15, -0.1) is 0 Å². The number of rotatable bonds is 1. The summed E-state index contributed by atoms with van der Waals surface area (Å²) in [5, 5.41) is 10.0. The van der Waals surface area contributed by atoms with Gasteiger partial charge in [0, 0.05) is 10.9 Å². The summed E-state index contributed by atoms with van der Waals surface area (Å²) in [4.78, 5) is 14.2. The van der Waals surface area contributed by atoms with Crippen molar-refractivity contribution in [2.75, 3.05) is 0 Å². The Balaban J connectivity index is 1.99. The summed E-state index contributed by atoms with van der Waals surface area (Å²) in [5.74, 6) is -1.39. The number of hydrogen-bond acceptors (Lipinski definition) is 1. The van der Waals surface area contributed by atoms with E-state index in [4.69, 9.17) is 16.7 Å². The zero-order valence-corrected chi connectivity index (χ0v) is 12.2. The second kappa shape index (κ2) is 4.58. The van der Waals surface area contributed by atoms with E-state index in [2.05, 4.69) is 4.98 Å². The number of fused-ring (bicyclic) bond motifs is 5. The van der Waals surface area contributed by atoms with Crippen LogP contribution < -0.4 is 0 Å². The molecule has 110 valence electrons. The zero-order valence-electron chi connectivity index (χ0n) is 11.4. The molecule has 0 unspecified atom stereocenters. The number of carboxylic acid groups (broad SMARTS) is 1. The van der Waals surface area contributed by atoms with Crippen molar-refractivity contribution in [1.82, 2.24) is 4.98 Å². The first-order valence-corrected chi connectivity index (χ1v) is 7.29. The third-order valence-corrected chi connectivity index (χ3v) is 4.53. The first-order chi connectivity index (χ1) is 10.6. The molecule has 2 N–H and O–H groups in total. The maximum Gasteiger partial charge on any atom is 0.335 e. The summed E-state index contributed by atoms with van der Waals surface area (Å²) in [6, 6.07) is 8.44. The van der Waals surface area contributed by atoms with E-state index in [0.717, 1.165) is 40.6 Å². The number of carboxylic acids is 1. The van der Waals surface area contributed by atoms with Crippen LogP contribution in [-0.4, -0.2) is 16.1 Å². The summed E-state index contributed by atoms with van der Waals surface area (Å²) in [6.07, 6.45) is 1.48. The van der Waals surface area contributed by atoms with Crippen LogP contribution in [0.3, 0.4) is 0 Å². The van der Waals surface area contributed by atoms with Crippen LogP contribution in [-0.2, 0) is 12.8 Å². The Kier molecular flexibility index (Phi) is 2.78. The summed E-state index contributed by atoms with van der Waals surface area (Å²) in [6.45, 7) is 0. The van der Waals surface area contributed by atoms with Crippen LogP contribution in [0.15, 0.2) is 30.3 Å². The molecule has 0 saturated heterocycles. The zero-order chi connectivity index (χ0) is 15.4. The van der Waals surface area contributed by atoms with Gasteiger partial charge in [0.05, 0.1) is 21.8 Å². The molecule has 1 aliphatic rings. The predicted octanol–water partition coefficient (Wildman–Crippen LogP) is 4.42. The Labute approximate surface area is 130 Å². The predicted molar refractivity (Wildman–Crippen MR) is 83.1 cm³/mol. The van der Waals surface area contributed by atoms with Crippen molar-refractivity contribution >= 4 is 28.5 Å². The largest absolute Gasteiger partial charge is 0.478 e. The summed E-state index contributed by atoms with van der Waals surface area (Å²) in [5.41, 5.74) is 4.49. The quantitative estimate of drug-likeness (QED) is 0.698. The lowest BCUT2D eigenvalue weighted by molar-refractivity contribution is 0.0697. The molecular weight excluding hydrogens is 305 g/mol. The van der Waals surface area contributed by atoms with Crippen LogP contribution in [0.25, 0.3) is 22.2 Å². The van der Waals surface area contributed by atoms with Gasteiger partial charge in [0.1, 0.15) is 0 Å². The fourth-order valence-electron chi connectivity index (χ4n) is 3.19. The molecule has 0 aliphatic heterocycles. The van der Waals surface area contributed by atoms with E-state index in [-0.39, 0.29) is 10.6 Å². The smallest absolute Gasteiger partial charge is 0.335 e. The monoisotopic (exact) mass is 315 g/mol. The Bertz CT molecular complexity index is 945. The molecule has 1 aliphatic carbocycles. The van der Waals surface area contributed by atoms with E-state index in [1.54, 1.807) is 24.3 Å². The highest BCUT2D eigenvalue weighted by atomic mass is 35.5. The number of H-pyrrole nitrogens is 1. The number of nitrogens with one attached hydrogen (secondary N) is 1. The highest BCUT2D eigenvalue weighted by Crippen LogP contribution is 2.39. The number of aromatic nitrogens is 1. The topological polar surface area (TPSA) is 53.1 Å². The van der Waals surface area contributed by atoms with Gasteiger partial charge in [-0.25, -0.2) is 9.18 Å². The number of aryl methyl sites for hydroxylation is 2. The number of halogens is 2. The summed E-state index contributed by atoms with van der Waals surface area (Å²) >= 11 is 5.85. The van der Waals surface area contributed by atoms with Gasteiger partial charge in [-0.05, 0) is 42.2 Å². The van der Waals surface area contributed by atoms with Gasteiger partial charge in [-0.2, -0.15) is 0 Å². The molecule has 1 aromatic heterocycles. The lowest BCUT2D eigenvalue weighted by Gasteiger charge is -2.17. The Hall–Kier alpha value is -2.33. The van der Waals surface area contributed by atoms with Crippen LogP contribution in [0, 0.1) is 5.82 Å². The van der Waals surface area contributed by atoms with Crippen molar-refractivity contribution in [3.8, 4) is 11.3 Å². The molecule has 0 bridgehead atoms. The van der Waals surface area contributed by atoms with Crippen molar-refractivity contribution in [2.45, 2.75) is 12.8 Å². The fraction of sp³-hybridized carbons (Fsp3) is 0.118. The Morgan fingerprint density at radius 2 is 2.05 bits per heavy atom. The molecule has 2 aromatic carbocycles. The van der Waals surface area contributed by atoms with E-state index in [1.165, 1.54) is 0 Å². The first kappa shape index (κ1) is 13.3. The van der Waals surface area contributed by atoms with Crippen molar-refractivity contribution in [2.24, 2.45) is 0 Å². The summed E-state index contributed by atoms with van der Waals surface area (Å²) < 4.78 is 14.2. The van der Waals surface area contributed by atoms with Gasteiger partial charge in [0.15, 0.2) is 5.82 Å². The van der Waals surface area contributed by atoms with E-state index in [1.807, 2.05) is 6.07 Å². The average Bonchev–Trinajstić information content (AvgIpc) is 2.90. The molecule has 5 heteroatoms. The first-order valence-electron chi connectivity index (χ1n) is 6.91. The van der Waals surface area contributed by atoms with Crippen LogP contribution in [0.1, 0.15) is 21.5 Å². The number of aromatic amines is 1. The number of hydrogen-bond donors (Lipinski definition) is 2. The van der Waals surface area contributed by atoms with Crippen LogP contribution in [0.4, 0.5) is 4.39 Å². The molecule has 3 nitrogen and oxygen atoms in total. The average molecular weight is 316 g/mol. The highest BCUT2D eigenvalue weighted by molar-refractivity contribution is 6.31. The van der Waals surface area contributed by atoms with Crippen LogP contribution in [0.2, 0.25) is 5.02 Å². The van der Waals surface area contributed by atoms with Crippen molar-refractivity contribution < 1.29 is 14.3 Å². The molecule has 0 amide bonds. The number of aromatic carboxylic acids is 1. The van der Waals surface area contributed by atoms with Gasteiger partial charge in [0.2, 0.25) is 0 Å². The number of carbonyl (C=O) groups is 1. The van der Waals surface area contributed by atoms with Crippen molar-refractivity contribution in [3.63, 3.8) is 0 Å². The Morgan fingerprint density at radius 1 is 1.23 bits per heavy atom. The lowest BCUT2D eigenvalue weighted by Crippen LogP contribution is -2.05. The SMILES string of the molecule is O=C(O)c1ccc2c(c1)CCc1c-2[nH]c2c(F)c(Cl)ccc12. The van der Waals surface area contributed by atoms with Crippen molar-refractivity contribution in [3.05, 3.63) is 57.9 Å². The lowest BCUT2D eigenvalue weighted by atomic mass is 9.88. The molecule has 0 radical (unpaired) electrons. The minimum Gasteiger partial charge on any atom is -0.478 e.